The van der Waals surface area contributed by atoms with Crippen molar-refractivity contribution in [1.82, 2.24) is 15.1 Å². The van der Waals surface area contributed by atoms with Crippen molar-refractivity contribution in [2.75, 3.05) is 38.0 Å². The Labute approximate surface area is 199 Å². The molecule has 8 nitrogen and oxygen atoms in total. The zero-order chi connectivity index (χ0) is 24.7. The third-order valence-corrected chi connectivity index (χ3v) is 5.24. The number of nitrogens with one attached hydrogen (secondary N) is 2. The van der Waals surface area contributed by atoms with E-state index in [1.54, 1.807) is 30.3 Å². The Kier molecular flexibility index (Phi) is 8.22. The number of benzene rings is 2. The van der Waals surface area contributed by atoms with Gasteiger partial charge < -0.3 is 20.6 Å². The fraction of sp³-hybridized carbons (Fsp3) is 0.400. The molecule has 2 aromatic rings. The van der Waals surface area contributed by atoms with E-state index >= 15 is 0 Å². The molecule has 1 aliphatic rings. The van der Waals surface area contributed by atoms with Gasteiger partial charge >= 0.3 is 5.97 Å². The molecule has 3 N–H and O–H groups in total. The third kappa shape index (κ3) is 7.84. The number of rotatable bonds is 6. The summed E-state index contributed by atoms with van der Waals surface area (Å²) in [5.41, 5.74) is 1.38. The molecule has 182 valence electrons. The van der Waals surface area contributed by atoms with Gasteiger partial charge in [-0.1, -0.05) is 18.2 Å². The second-order valence-corrected chi connectivity index (χ2v) is 9.34. The van der Waals surface area contributed by atoms with Crippen molar-refractivity contribution in [2.24, 2.45) is 4.99 Å². The lowest BCUT2D eigenvalue weighted by atomic mass is 10.1. The summed E-state index contributed by atoms with van der Waals surface area (Å²) in [5, 5.41) is 15.5. The monoisotopic (exact) mass is 469 g/mol. The summed E-state index contributed by atoms with van der Waals surface area (Å²) in [6.07, 6.45) is 0. The quantitative estimate of drug-likeness (QED) is 0.445. The topological polar surface area (TPSA) is 97.3 Å². The highest BCUT2D eigenvalue weighted by Gasteiger charge is 2.23. The summed E-state index contributed by atoms with van der Waals surface area (Å²) >= 11 is 0. The minimum absolute atomic E-state index is 0.00485. The van der Waals surface area contributed by atoms with Crippen LogP contribution in [0.2, 0.25) is 0 Å². The first-order valence-electron chi connectivity index (χ1n) is 11.3. The van der Waals surface area contributed by atoms with Crippen LogP contribution in [-0.2, 0) is 11.3 Å². The highest BCUT2D eigenvalue weighted by Crippen LogP contribution is 2.14. The Morgan fingerprint density at radius 1 is 1.06 bits per heavy atom. The molecule has 0 spiro atoms. The number of guanidine groups is 1. The number of anilines is 1. The zero-order valence-electron chi connectivity index (χ0n) is 19.8. The first kappa shape index (κ1) is 25.2. The number of piperazine rings is 1. The molecule has 1 fully saturated rings. The van der Waals surface area contributed by atoms with Crippen LogP contribution >= 0.6 is 0 Å². The normalized spacial score (nSPS) is 15.2. The Morgan fingerprint density at radius 2 is 1.74 bits per heavy atom. The smallest absolute Gasteiger partial charge is 0.335 e. The summed E-state index contributed by atoms with van der Waals surface area (Å²) in [6, 6.07) is 12.7. The van der Waals surface area contributed by atoms with Gasteiger partial charge in [0.1, 0.15) is 5.82 Å². The van der Waals surface area contributed by atoms with Gasteiger partial charge in [0.25, 0.3) is 0 Å². The van der Waals surface area contributed by atoms with Gasteiger partial charge in [0.2, 0.25) is 5.91 Å². The molecule has 0 atom stereocenters. The van der Waals surface area contributed by atoms with Crippen LogP contribution < -0.4 is 10.6 Å². The van der Waals surface area contributed by atoms with Crippen LogP contribution in [0, 0.1) is 5.82 Å². The largest absolute Gasteiger partial charge is 0.478 e. The van der Waals surface area contributed by atoms with Crippen molar-refractivity contribution in [3.05, 3.63) is 65.5 Å². The van der Waals surface area contributed by atoms with Crippen molar-refractivity contribution < 1.29 is 19.1 Å². The van der Waals surface area contributed by atoms with Crippen molar-refractivity contribution >= 4 is 23.5 Å². The molecule has 0 aromatic heterocycles. The molecule has 0 unspecified atom stereocenters. The standard InChI is InChI=1S/C25H32FN5O3/c1-25(2,3)29-22(32)17-30-11-13-31(14-12-30)24(27-16-18-7-9-20(26)10-8-18)28-21-6-4-5-19(15-21)23(33)34/h4-10,15H,11-14,16-17H2,1-3H3,(H,27,28)(H,29,32)(H,33,34). The van der Waals surface area contributed by atoms with Gasteiger partial charge in [-0.05, 0) is 56.7 Å². The van der Waals surface area contributed by atoms with Crippen LogP contribution in [0.1, 0.15) is 36.7 Å². The van der Waals surface area contributed by atoms with E-state index in [0.717, 1.165) is 5.56 Å². The fourth-order valence-electron chi connectivity index (χ4n) is 3.61. The summed E-state index contributed by atoms with van der Waals surface area (Å²) in [5.74, 6) is -0.709. The van der Waals surface area contributed by atoms with Gasteiger partial charge in [0.15, 0.2) is 5.96 Å². The summed E-state index contributed by atoms with van der Waals surface area (Å²) in [6.45, 7) is 9.21. The fourth-order valence-corrected chi connectivity index (χ4v) is 3.61. The molecule has 1 aliphatic heterocycles. The summed E-state index contributed by atoms with van der Waals surface area (Å²) in [4.78, 5) is 32.5. The minimum Gasteiger partial charge on any atom is -0.478 e. The molecule has 0 radical (unpaired) electrons. The number of aliphatic imine (C=N–C) groups is 1. The average molecular weight is 470 g/mol. The zero-order valence-corrected chi connectivity index (χ0v) is 19.8. The minimum atomic E-state index is -1.00. The maximum absolute atomic E-state index is 13.2. The molecule has 1 heterocycles. The maximum Gasteiger partial charge on any atom is 0.335 e. The van der Waals surface area contributed by atoms with Crippen LogP contribution in [0.4, 0.5) is 10.1 Å². The number of carboxylic acid groups (broad SMARTS) is 1. The summed E-state index contributed by atoms with van der Waals surface area (Å²) in [7, 11) is 0. The number of amides is 1. The van der Waals surface area contributed by atoms with Gasteiger partial charge in [0.05, 0.1) is 18.7 Å². The molecule has 1 saturated heterocycles. The van der Waals surface area contributed by atoms with Crippen LogP contribution in [0.3, 0.4) is 0 Å². The number of hydrogen-bond acceptors (Lipinski definition) is 4. The van der Waals surface area contributed by atoms with E-state index in [9.17, 15) is 19.1 Å². The van der Waals surface area contributed by atoms with Crippen LogP contribution in [0.25, 0.3) is 0 Å². The number of aromatic carboxylic acids is 1. The van der Waals surface area contributed by atoms with Crippen molar-refractivity contribution in [2.45, 2.75) is 32.9 Å². The highest BCUT2D eigenvalue weighted by molar-refractivity contribution is 5.95. The van der Waals surface area contributed by atoms with Gasteiger partial charge in [0, 0.05) is 37.4 Å². The van der Waals surface area contributed by atoms with E-state index in [-0.39, 0.29) is 22.8 Å². The van der Waals surface area contributed by atoms with Gasteiger partial charge in [-0.2, -0.15) is 0 Å². The van der Waals surface area contributed by atoms with E-state index in [2.05, 4.69) is 20.4 Å². The SMILES string of the molecule is CC(C)(C)NC(=O)CN1CCN(C(=NCc2ccc(F)cc2)Nc2cccc(C(=O)O)c2)CC1. The Morgan fingerprint density at radius 3 is 2.35 bits per heavy atom. The molecule has 0 saturated carbocycles. The molecule has 0 aliphatic carbocycles. The maximum atomic E-state index is 13.2. The lowest BCUT2D eigenvalue weighted by Crippen LogP contribution is -2.53. The molecule has 0 bridgehead atoms. The number of halogens is 1. The highest BCUT2D eigenvalue weighted by atomic mass is 19.1. The van der Waals surface area contributed by atoms with Crippen LogP contribution in [-0.4, -0.2) is 71.0 Å². The number of carbonyl (C=O) groups excluding carboxylic acids is 1. The van der Waals surface area contributed by atoms with E-state index < -0.39 is 5.97 Å². The number of nitrogens with zero attached hydrogens (tertiary/aromatic N) is 3. The van der Waals surface area contributed by atoms with E-state index in [0.29, 0.717) is 50.9 Å². The van der Waals surface area contributed by atoms with Gasteiger partial charge in [-0.3, -0.25) is 9.69 Å². The van der Waals surface area contributed by atoms with Crippen LogP contribution in [0.5, 0.6) is 0 Å². The van der Waals surface area contributed by atoms with Crippen molar-refractivity contribution in [3.63, 3.8) is 0 Å². The third-order valence-electron chi connectivity index (χ3n) is 5.24. The molecule has 34 heavy (non-hydrogen) atoms. The Hall–Kier alpha value is -3.46. The molecule has 3 rings (SSSR count). The number of hydrogen-bond donors (Lipinski definition) is 3. The van der Waals surface area contributed by atoms with Gasteiger partial charge in [-0.15, -0.1) is 0 Å². The van der Waals surface area contributed by atoms with E-state index in [1.807, 2.05) is 20.8 Å². The lowest BCUT2D eigenvalue weighted by Gasteiger charge is -2.36. The first-order chi connectivity index (χ1) is 16.1. The lowest BCUT2D eigenvalue weighted by molar-refractivity contribution is -0.123. The second kappa shape index (κ2) is 11.1. The predicted octanol–water partition coefficient (Wildman–Crippen LogP) is 3.02. The molecule has 9 heteroatoms. The molecule has 1 amide bonds. The number of carbonyl (C=O) groups is 2. The molecular weight excluding hydrogens is 437 g/mol. The van der Waals surface area contributed by atoms with E-state index in [4.69, 9.17) is 4.99 Å². The average Bonchev–Trinajstić information content (AvgIpc) is 2.77. The van der Waals surface area contributed by atoms with Crippen LogP contribution in [0.15, 0.2) is 53.5 Å². The molecular formula is C25H32FN5O3. The Balaban J connectivity index is 1.70. The predicted molar refractivity (Wildman–Crippen MR) is 130 cm³/mol. The first-order valence-corrected chi connectivity index (χ1v) is 11.3. The van der Waals surface area contributed by atoms with E-state index in [1.165, 1.54) is 18.2 Å². The van der Waals surface area contributed by atoms with Crippen molar-refractivity contribution in [3.8, 4) is 0 Å². The van der Waals surface area contributed by atoms with Gasteiger partial charge in [-0.25, -0.2) is 14.2 Å². The summed E-state index contributed by atoms with van der Waals surface area (Å²) < 4.78 is 13.2. The van der Waals surface area contributed by atoms with Crippen molar-refractivity contribution in [1.29, 1.82) is 0 Å². The second-order valence-electron chi connectivity index (χ2n) is 9.34. The Bertz CT molecular complexity index is 1030. The number of carboxylic acids is 1. The molecule has 2 aromatic carbocycles.